The van der Waals surface area contributed by atoms with E-state index < -0.39 is 5.54 Å². The molecule has 0 unspecified atom stereocenters. The summed E-state index contributed by atoms with van der Waals surface area (Å²) in [7, 11) is 2.00. The Balaban J connectivity index is 1.65. The molecule has 0 amide bonds. The molecule has 0 aromatic heterocycles. The number of hydrogen-bond donors (Lipinski definition) is 0. The van der Waals surface area contributed by atoms with Crippen LogP contribution in [-0.2, 0) is 4.74 Å². The van der Waals surface area contributed by atoms with Crippen LogP contribution in [0.1, 0.15) is 24.2 Å². The van der Waals surface area contributed by atoms with Gasteiger partial charge in [-0.1, -0.05) is 12.1 Å². The van der Waals surface area contributed by atoms with Crippen molar-refractivity contribution in [2.45, 2.75) is 19.4 Å². The molecular weight excluding hydrogens is 328 g/mol. The van der Waals surface area contributed by atoms with E-state index in [2.05, 4.69) is 9.80 Å². The van der Waals surface area contributed by atoms with Crippen LogP contribution in [0.2, 0.25) is 0 Å². The third-order valence-electron chi connectivity index (χ3n) is 5.39. The van der Waals surface area contributed by atoms with Crippen molar-refractivity contribution in [3.8, 4) is 11.5 Å². The second kappa shape index (κ2) is 6.41. The van der Waals surface area contributed by atoms with Crippen molar-refractivity contribution in [1.82, 2.24) is 4.90 Å². The molecule has 1 saturated heterocycles. The maximum atomic E-state index is 13.3. The minimum absolute atomic E-state index is 0.120. The summed E-state index contributed by atoms with van der Waals surface area (Å²) in [5.41, 5.74) is 2.05. The van der Waals surface area contributed by atoms with Crippen molar-refractivity contribution in [2.75, 3.05) is 38.3 Å². The van der Waals surface area contributed by atoms with Crippen LogP contribution >= 0.6 is 0 Å². The third kappa shape index (κ3) is 2.77. The minimum atomic E-state index is -0.565. The molecule has 0 saturated carbocycles. The summed E-state index contributed by atoms with van der Waals surface area (Å²) < 4.78 is 11.4. The van der Waals surface area contributed by atoms with Gasteiger partial charge in [-0.3, -0.25) is 9.69 Å². The summed E-state index contributed by atoms with van der Waals surface area (Å²) in [6.45, 7) is 6.90. The Morgan fingerprint density at radius 1 is 1.00 bits per heavy atom. The Hall–Kier alpha value is -2.37. The standard InChI is InChI=1S/C21H24N2O3/c1-21(2,23-10-12-25-13-11-23)20(24)15-8-9-19-17(14-15)22(3)16-6-4-5-7-18(16)26-19/h4-9,14H,10-13H2,1-3H3. The van der Waals surface area contributed by atoms with E-state index in [9.17, 15) is 4.79 Å². The smallest absolute Gasteiger partial charge is 0.182 e. The molecule has 5 nitrogen and oxygen atoms in total. The molecule has 0 aliphatic carbocycles. The number of benzene rings is 2. The second-order valence-electron chi connectivity index (χ2n) is 7.30. The van der Waals surface area contributed by atoms with E-state index >= 15 is 0 Å². The molecule has 26 heavy (non-hydrogen) atoms. The summed E-state index contributed by atoms with van der Waals surface area (Å²) >= 11 is 0. The molecular formula is C21H24N2O3. The highest BCUT2D eigenvalue weighted by Gasteiger charge is 2.36. The van der Waals surface area contributed by atoms with Crippen molar-refractivity contribution in [3.63, 3.8) is 0 Å². The number of carbonyl (C=O) groups is 1. The van der Waals surface area contributed by atoms with Crippen LogP contribution < -0.4 is 9.64 Å². The van der Waals surface area contributed by atoms with Gasteiger partial charge in [0.05, 0.1) is 30.1 Å². The SMILES string of the molecule is CN1c2ccccc2Oc2ccc(C(=O)C(C)(C)N3CCOCC3)cc21. The lowest BCUT2D eigenvalue weighted by atomic mass is 9.90. The number of carbonyl (C=O) groups excluding carboxylic acids is 1. The Kier molecular flexibility index (Phi) is 4.21. The zero-order chi connectivity index (χ0) is 18.3. The largest absolute Gasteiger partial charge is 0.453 e. The number of para-hydroxylation sites is 2. The fourth-order valence-corrected chi connectivity index (χ4v) is 3.70. The van der Waals surface area contributed by atoms with Gasteiger partial charge in [-0.05, 0) is 44.2 Å². The molecule has 0 atom stereocenters. The molecule has 2 aliphatic rings. The van der Waals surface area contributed by atoms with Crippen LogP contribution in [0.25, 0.3) is 0 Å². The van der Waals surface area contributed by atoms with Gasteiger partial charge in [0.1, 0.15) is 0 Å². The molecule has 0 bridgehead atoms. The third-order valence-corrected chi connectivity index (χ3v) is 5.39. The molecule has 2 heterocycles. The molecule has 0 N–H and O–H groups in total. The van der Waals surface area contributed by atoms with Crippen LogP contribution in [0.15, 0.2) is 42.5 Å². The van der Waals surface area contributed by atoms with Crippen molar-refractivity contribution in [3.05, 3.63) is 48.0 Å². The van der Waals surface area contributed by atoms with Crippen LogP contribution in [0.5, 0.6) is 11.5 Å². The number of fused-ring (bicyclic) bond motifs is 2. The number of rotatable bonds is 3. The molecule has 2 aliphatic heterocycles. The molecule has 0 spiro atoms. The number of nitrogens with zero attached hydrogens (tertiary/aromatic N) is 2. The van der Waals surface area contributed by atoms with E-state index in [4.69, 9.17) is 9.47 Å². The van der Waals surface area contributed by atoms with Gasteiger partial charge in [-0.2, -0.15) is 0 Å². The molecule has 5 heteroatoms. The first-order valence-corrected chi connectivity index (χ1v) is 9.01. The van der Waals surface area contributed by atoms with Crippen LogP contribution in [-0.4, -0.2) is 49.6 Å². The van der Waals surface area contributed by atoms with Gasteiger partial charge < -0.3 is 14.4 Å². The van der Waals surface area contributed by atoms with Crippen molar-refractivity contribution >= 4 is 17.2 Å². The predicted octanol–water partition coefficient (Wildman–Crippen LogP) is 3.85. The van der Waals surface area contributed by atoms with Crippen molar-refractivity contribution < 1.29 is 14.3 Å². The number of morpholine rings is 1. The molecule has 4 rings (SSSR count). The van der Waals surface area contributed by atoms with E-state index in [0.29, 0.717) is 18.8 Å². The minimum Gasteiger partial charge on any atom is -0.453 e. The summed E-state index contributed by atoms with van der Waals surface area (Å²) in [5.74, 6) is 1.72. The Bertz CT molecular complexity index is 841. The first kappa shape index (κ1) is 17.1. The number of anilines is 2. The maximum absolute atomic E-state index is 13.3. The van der Waals surface area contributed by atoms with Gasteiger partial charge >= 0.3 is 0 Å². The molecule has 2 aromatic rings. The van der Waals surface area contributed by atoms with E-state index in [-0.39, 0.29) is 5.78 Å². The van der Waals surface area contributed by atoms with Crippen LogP contribution in [0.3, 0.4) is 0 Å². The lowest BCUT2D eigenvalue weighted by Gasteiger charge is -2.39. The number of hydrogen-bond acceptors (Lipinski definition) is 5. The molecule has 2 aromatic carbocycles. The van der Waals surface area contributed by atoms with E-state index in [1.165, 1.54) is 0 Å². The van der Waals surface area contributed by atoms with E-state index in [0.717, 1.165) is 36.0 Å². The zero-order valence-electron chi connectivity index (χ0n) is 15.5. The van der Waals surface area contributed by atoms with E-state index in [1.807, 2.05) is 63.4 Å². The van der Waals surface area contributed by atoms with Gasteiger partial charge in [0, 0.05) is 25.7 Å². The highest BCUT2D eigenvalue weighted by atomic mass is 16.5. The van der Waals surface area contributed by atoms with Crippen molar-refractivity contribution in [1.29, 1.82) is 0 Å². The lowest BCUT2D eigenvalue weighted by Crippen LogP contribution is -2.54. The highest BCUT2D eigenvalue weighted by Crippen LogP contribution is 2.46. The van der Waals surface area contributed by atoms with Gasteiger partial charge in [-0.15, -0.1) is 0 Å². The lowest BCUT2D eigenvalue weighted by molar-refractivity contribution is -0.00429. The first-order valence-electron chi connectivity index (χ1n) is 9.01. The van der Waals surface area contributed by atoms with Crippen LogP contribution in [0.4, 0.5) is 11.4 Å². The Morgan fingerprint density at radius 3 is 2.46 bits per heavy atom. The zero-order valence-corrected chi connectivity index (χ0v) is 15.5. The summed E-state index contributed by atoms with van der Waals surface area (Å²) in [5, 5.41) is 0. The summed E-state index contributed by atoms with van der Waals surface area (Å²) in [4.78, 5) is 17.5. The van der Waals surface area contributed by atoms with Gasteiger partial charge in [0.15, 0.2) is 17.3 Å². The number of Topliss-reactive ketones (excluding diaryl/α,β-unsaturated/α-hetero) is 1. The van der Waals surface area contributed by atoms with Gasteiger partial charge in [0.2, 0.25) is 0 Å². The normalized spacial score (nSPS) is 17.3. The van der Waals surface area contributed by atoms with Gasteiger partial charge in [0.25, 0.3) is 0 Å². The second-order valence-corrected chi connectivity index (χ2v) is 7.30. The Morgan fingerprint density at radius 2 is 1.69 bits per heavy atom. The summed E-state index contributed by atoms with van der Waals surface area (Å²) in [6, 6.07) is 13.6. The molecule has 136 valence electrons. The fourth-order valence-electron chi connectivity index (χ4n) is 3.70. The van der Waals surface area contributed by atoms with Crippen LogP contribution in [0, 0.1) is 0 Å². The number of ether oxygens (including phenoxy) is 2. The number of ketones is 1. The summed E-state index contributed by atoms with van der Waals surface area (Å²) in [6.07, 6.45) is 0. The van der Waals surface area contributed by atoms with Gasteiger partial charge in [-0.25, -0.2) is 0 Å². The average Bonchev–Trinajstić information content (AvgIpc) is 2.68. The van der Waals surface area contributed by atoms with E-state index in [1.54, 1.807) is 0 Å². The topological polar surface area (TPSA) is 42.0 Å². The monoisotopic (exact) mass is 352 g/mol. The average molecular weight is 352 g/mol. The Labute approximate surface area is 154 Å². The first-order chi connectivity index (χ1) is 12.5. The van der Waals surface area contributed by atoms with Crippen molar-refractivity contribution in [2.24, 2.45) is 0 Å². The highest BCUT2D eigenvalue weighted by molar-refractivity contribution is 6.04. The molecule has 1 fully saturated rings. The maximum Gasteiger partial charge on any atom is 0.182 e. The molecule has 0 radical (unpaired) electrons. The predicted molar refractivity (Wildman–Crippen MR) is 102 cm³/mol. The fraction of sp³-hybridized carbons (Fsp3) is 0.381. The quantitative estimate of drug-likeness (QED) is 0.785.